The van der Waals surface area contributed by atoms with Gasteiger partial charge in [0.25, 0.3) is 0 Å². The van der Waals surface area contributed by atoms with Gasteiger partial charge in [-0.3, -0.25) is 0 Å². The number of imidazole rings is 1. The molecular formula is C26H17F3N4. The van der Waals surface area contributed by atoms with Gasteiger partial charge in [0.15, 0.2) is 0 Å². The lowest BCUT2D eigenvalue weighted by molar-refractivity contribution is -0.137. The van der Waals surface area contributed by atoms with Crippen LogP contribution in [0.2, 0.25) is 0 Å². The number of rotatable bonds is 5. The second-order valence-electron chi connectivity index (χ2n) is 7.53. The molecule has 4 nitrogen and oxygen atoms in total. The summed E-state index contributed by atoms with van der Waals surface area (Å²) < 4.78 is 40.5. The molecule has 0 saturated carbocycles. The maximum Gasteiger partial charge on any atom is 0.417 e. The summed E-state index contributed by atoms with van der Waals surface area (Å²) in [6.45, 7) is 0. The maximum absolute atomic E-state index is 13.5. The Morgan fingerprint density at radius 3 is 2.33 bits per heavy atom. The second-order valence-corrected chi connectivity index (χ2v) is 7.53. The standard InChI is InChI=1S/C26H17F3N4/c27-26(28,29)24-4-2-1-3-22(24)19-9-10-21(20(12-19)14-31)23(25-15-32-16-33-25)11-17-5-7-18(13-30)8-6-17/h1-10,12,15-16,23H,11H2,(H,32,33). The van der Waals surface area contributed by atoms with Crippen LogP contribution in [0, 0.1) is 22.7 Å². The molecule has 3 aromatic carbocycles. The van der Waals surface area contributed by atoms with Crippen molar-refractivity contribution in [2.75, 3.05) is 0 Å². The van der Waals surface area contributed by atoms with Crippen LogP contribution >= 0.6 is 0 Å². The zero-order valence-electron chi connectivity index (χ0n) is 17.3. The van der Waals surface area contributed by atoms with Gasteiger partial charge in [0.1, 0.15) is 0 Å². The first-order valence-electron chi connectivity index (χ1n) is 10.1. The average molecular weight is 442 g/mol. The fourth-order valence-corrected chi connectivity index (χ4v) is 3.90. The molecule has 1 heterocycles. The molecule has 33 heavy (non-hydrogen) atoms. The number of halogens is 3. The minimum Gasteiger partial charge on any atom is -0.348 e. The van der Waals surface area contributed by atoms with Gasteiger partial charge in [-0.1, -0.05) is 42.5 Å². The first kappa shape index (κ1) is 21.9. The van der Waals surface area contributed by atoms with Gasteiger partial charge in [-0.05, 0) is 52.9 Å². The van der Waals surface area contributed by atoms with Crippen molar-refractivity contribution < 1.29 is 13.2 Å². The van der Waals surface area contributed by atoms with Crippen molar-refractivity contribution in [3.63, 3.8) is 0 Å². The van der Waals surface area contributed by atoms with Crippen molar-refractivity contribution in [2.24, 2.45) is 0 Å². The van der Waals surface area contributed by atoms with E-state index in [9.17, 15) is 18.4 Å². The Morgan fingerprint density at radius 1 is 0.939 bits per heavy atom. The van der Waals surface area contributed by atoms with Crippen LogP contribution in [0.15, 0.2) is 79.3 Å². The number of nitrogens with zero attached hydrogens (tertiary/aromatic N) is 3. The average Bonchev–Trinajstić information content (AvgIpc) is 3.37. The molecule has 4 rings (SSSR count). The third-order valence-electron chi connectivity index (χ3n) is 5.51. The van der Waals surface area contributed by atoms with Crippen molar-refractivity contribution in [1.82, 2.24) is 9.97 Å². The zero-order chi connectivity index (χ0) is 23.4. The lowest BCUT2D eigenvalue weighted by Crippen LogP contribution is -2.09. The fourth-order valence-electron chi connectivity index (χ4n) is 3.90. The molecule has 0 radical (unpaired) electrons. The molecule has 1 N–H and O–H groups in total. The van der Waals surface area contributed by atoms with Crippen LogP contribution in [-0.4, -0.2) is 9.97 Å². The summed E-state index contributed by atoms with van der Waals surface area (Å²) in [6.07, 6.45) is -0.777. The summed E-state index contributed by atoms with van der Waals surface area (Å²) in [6, 6.07) is 21.5. The summed E-state index contributed by atoms with van der Waals surface area (Å²) in [5.74, 6) is -0.276. The molecule has 0 fully saturated rings. The Balaban J connectivity index is 1.78. The molecule has 0 bridgehead atoms. The number of hydrogen-bond acceptors (Lipinski definition) is 3. The minimum atomic E-state index is -4.50. The molecule has 7 heteroatoms. The van der Waals surface area contributed by atoms with Crippen LogP contribution in [-0.2, 0) is 12.6 Å². The van der Waals surface area contributed by atoms with Crippen LogP contribution in [0.3, 0.4) is 0 Å². The third kappa shape index (κ3) is 4.63. The molecule has 0 spiro atoms. The smallest absolute Gasteiger partial charge is 0.348 e. The normalized spacial score (nSPS) is 12.0. The fraction of sp³-hybridized carbons (Fsp3) is 0.115. The summed E-state index contributed by atoms with van der Waals surface area (Å²) in [7, 11) is 0. The van der Waals surface area contributed by atoms with Gasteiger partial charge in [-0.2, -0.15) is 23.7 Å². The minimum absolute atomic E-state index is 0.0261. The van der Waals surface area contributed by atoms with Gasteiger partial charge in [0, 0.05) is 17.8 Å². The molecule has 0 saturated heterocycles. The lowest BCUT2D eigenvalue weighted by atomic mass is 9.85. The number of aromatic amines is 1. The predicted molar refractivity (Wildman–Crippen MR) is 117 cm³/mol. The van der Waals surface area contributed by atoms with Crippen molar-refractivity contribution in [1.29, 1.82) is 10.5 Å². The van der Waals surface area contributed by atoms with Gasteiger partial charge in [0.2, 0.25) is 0 Å². The van der Waals surface area contributed by atoms with Crippen LogP contribution in [0.4, 0.5) is 13.2 Å². The Morgan fingerprint density at radius 2 is 1.70 bits per heavy atom. The Kier molecular flexibility index (Phi) is 5.97. The Bertz CT molecular complexity index is 1340. The number of hydrogen-bond donors (Lipinski definition) is 1. The van der Waals surface area contributed by atoms with Crippen LogP contribution < -0.4 is 0 Å². The van der Waals surface area contributed by atoms with Gasteiger partial charge < -0.3 is 4.98 Å². The molecule has 0 aliphatic carbocycles. The first-order valence-corrected chi connectivity index (χ1v) is 10.1. The monoisotopic (exact) mass is 442 g/mol. The molecule has 0 amide bonds. The maximum atomic E-state index is 13.5. The SMILES string of the molecule is N#Cc1ccc(CC(c2cnc[nH]2)c2ccc(-c3ccccc3C(F)(F)F)cc2C#N)cc1. The third-order valence-corrected chi connectivity index (χ3v) is 5.51. The molecule has 162 valence electrons. The van der Waals surface area contributed by atoms with Crippen LogP contribution in [0.5, 0.6) is 0 Å². The Labute approximate surface area is 188 Å². The van der Waals surface area contributed by atoms with E-state index >= 15 is 0 Å². The van der Waals surface area contributed by atoms with Crippen molar-refractivity contribution in [3.8, 4) is 23.3 Å². The van der Waals surface area contributed by atoms with E-state index in [2.05, 4.69) is 22.1 Å². The van der Waals surface area contributed by atoms with E-state index in [1.165, 1.54) is 18.2 Å². The van der Waals surface area contributed by atoms with E-state index < -0.39 is 11.7 Å². The first-order chi connectivity index (χ1) is 15.9. The molecule has 1 atom stereocenters. The zero-order valence-corrected chi connectivity index (χ0v) is 17.3. The van der Waals surface area contributed by atoms with Gasteiger partial charge in [-0.15, -0.1) is 0 Å². The van der Waals surface area contributed by atoms with Crippen molar-refractivity contribution >= 4 is 0 Å². The van der Waals surface area contributed by atoms with E-state index in [1.807, 2.05) is 12.1 Å². The summed E-state index contributed by atoms with van der Waals surface area (Å²) >= 11 is 0. The highest BCUT2D eigenvalue weighted by atomic mass is 19.4. The molecule has 0 aliphatic heterocycles. The number of aromatic nitrogens is 2. The highest BCUT2D eigenvalue weighted by Crippen LogP contribution is 2.38. The van der Waals surface area contributed by atoms with Gasteiger partial charge >= 0.3 is 6.18 Å². The molecule has 0 aliphatic rings. The number of alkyl halides is 3. The quantitative estimate of drug-likeness (QED) is 0.399. The number of benzene rings is 3. The van der Waals surface area contributed by atoms with Crippen LogP contribution in [0.25, 0.3) is 11.1 Å². The predicted octanol–water partition coefficient (Wildman–Crippen LogP) is 6.21. The highest BCUT2D eigenvalue weighted by molar-refractivity contribution is 5.70. The van der Waals surface area contributed by atoms with Crippen molar-refractivity contribution in [2.45, 2.75) is 18.5 Å². The number of nitriles is 2. The second kappa shape index (κ2) is 9.02. The lowest BCUT2D eigenvalue weighted by Gasteiger charge is -2.19. The number of H-pyrrole nitrogens is 1. The van der Waals surface area contributed by atoms with Gasteiger partial charge in [0.05, 0.1) is 35.2 Å². The highest BCUT2D eigenvalue weighted by Gasteiger charge is 2.33. The van der Waals surface area contributed by atoms with E-state index in [1.54, 1.807) is 42.9 Å². The van der Waals surface area contributed by atoms with E-state index in [0.29, 0.717) is 23.1 Å². The number of nitrogens with one attached hydrogen (secondary N) is 1. The topological polar surface area (TPSA) is 76.3 Å². The van der Waals surface area contributed by atoms with E-state index in [-0.39, 0.29) is 17.0 Å². The summed E-state index contributed by atoms with van der Waals surface area (Å²) in [5.41, 5.74) is 2.84. The van der Waals surface area contributed by atoms with Crippen LogP contribution in [0.1, 0.15) is 39.4 Å². The summed E-state index contributed by atoms with van der Waals surface area (Å²) in [4.78, 5) is 7.17. The summed E-state index contributed by atoms with van der Waals surface area (Å²) in [5, 5.41) is 18.9. The molecular weight excluding hydrogens is 425 g/mol. The molecule has 1 unspecified atom stereocenters. The Hall–Kier alpha value is -4.36. The van der Waals surface area contributed by atoms with Crippen molar-refractivity contribution in [3.05, 3.63) is 113 Å². The molecule has 4 aromatic rings. The largest absolute Gasteiger partial charge is 0.417 e. The van der Waals surface area contributed by atoms with E-state index in [0.717, 1.165) is 17.3 Å². The van der Waals surface area contributed by atoms with Gasteiger partial charge in [-0.25, -0.2) is 4.98 Å². The van der Waals surface area contributed by atoms with E-state index in [4.69, 9.17) is 5.26 Å². The molecule has 1 aromatic heterocycles.